The molecular formula is C34H34BrCl2N3O6. The zero-order valence-electron chi connectivity index (χ0n) is 25.2. The lowest BCUT2D eigenvalue weighted by Crippen LogP contribution is -2.60. The average molecular weight is 731 g/mol. The number of likely N-dealkylation sites (tertiary alicyclic amines) is 3. The van der Waals surface area contributed by atoms with Crippen LogP contribution in [0.25, 0.3) is 0 Å². The highest BCUT2D eigenvalue weighted by Gasteiger charge is 2.76. The maximum Gasteiger partial charge on any atom is 0.254 e. The van der Waals surface area contributed by atoms with Crippen molar-refractivity contribution in [1.29, 1.82) is 0 Å². The van der Waals surface area contributed by atoms with Crippen LogP contribution in [0.2, 0.25) is 0 Å². The molecule has 9 nitrogen and oxygen atoms in total. The largest absolute Gasteiger partial charge is 0.504 e. The highest BCUT2D eigenvalue weighted by atomic mass is 79.9. The number of carbonyl (C=O) groups is 4. The Bertz CT molecular complexity index is 1650. The molecule has 2 aromatic carbocycles. The number of phenols is 1. The molecule has 2 aliphatic carbocycles. The number of ether oxygens (including phenoxy) is 1. The molecule has 2 aromatic rings. The minimum absolute atomic E-state index is 0.0623. The first kappa shape index (κ1) is 31.7. The molecule has 3 heterocycles. The SMILES string of the molecule is COc1cc([C@H]2C3=CC[C@@H]4C(=O)N(C5CCN(Cc6ccccc6)CC5)C(=O)[C@@H]4[C@@H]3C[C@@]3(Cl)C(=O)N(CBr)C(=O)[C@@]23Cl)ccc1O. The summed E-state index contributed by atoms with van der Waals surface area (Å²) in [6.45, 7) is 2.35. The fourth-order valence-corrected chi connectivity index (χ4v) is 9.99. The van der Waals surface area contributed by atoms with Crippen molar-refractivity contribution in [2.24, 2.45) is 17.8 Å². The van der Waals surface area contributed by atoms with Crippen LogP contribution in [0.3, 0.4) is 0 Å². The van der Waals surface area contributed by atoms with Crippen molar-refractivity contribution >= 4 is 62.8 Å². The summed E-state index contributed by atoms with van der Waals surface area (Å²) in [4.78, 5) is 57.2. The van der Waals surface area contributed by atoms with E-state index in [2.05, 4.69) is 33.0 Å². The van der Waals surface area contributed by atoms with E-state index in [1.807, 2.05) is 24.3 Å². The molecule has 3 saturated heterocycles. The lowest BCUT2D eigenvalue weighted by atomic mass is 9.56. The number of hydrogen-bond donors (Lipinski definition) is 1. The Hall–Kier alpha value is -2.92. The van der Waals surface area contributed by atoms with Gasteiger partial charge in [0.1, 0.15) is 0 Å². The van der Waals surface area contributed by atoms with Gasteiger partial charge >= 0.3 is 0 Å². The molecule has 5 aliphatic rings. The van der Waals surface area contributed by atoms with Gasteiger partial charge in [-0.1, -0.05) is 64.0 Å². The van der Waals surface area contributed by atoms with Crippen molar-refractivity contribution in [2.45, 2.75) is 53.9 Å². The third kappa shape index (κ3) is 4.50. The number of hydrogen-bond acceptors (Lipinski definition) is 7. The second-order valence-corrected chi connectivity index (χ2v) is 14.7. The van der Waals surface area contributed by atoms with Crippen LogP contribution in [0.15, 0.2) is 60.2 Å². The highest BCUT2D eigenvalue weighted by Crippen LogP contribution is 2.65. The van der Waals surface area contributed by atoms with Gasteiger partial charge in [-0.3, -0.25) is 33.9 Å². The van der Waals surface area contributed by atoms with E-state index < -0.39 is 45.2 Å². The van der Waals surface area contributed by atoms with Crippen LogP contribution in [0, 0.1) is 17.8 Å². The molecule has 1 saturated carbocycles. The van der Waals surface area contributed by atoms with Gasteiger partial charge in [-0.05, 0) is 54.9 Å². The zero-order chi connectivity index (χ0) is 32.5. The number of allylic oxidation sites excluding steroid dienone is 2. The van der Waals surface area contributed by atoms with E-state index in [0.29, 0.717) is 30.4 Å². The summed E-state index contributed by atoms with van der Waals surface area (Å²) >= 11 is 17.9. The molecule has 0 unspecified atom stereocenters. The molecule has 4 fully saturated rings. The van der Waals surface area contributed by atoms with Gasteiger partial charge in [0, 0.05) is 31.6 Å². The predicted octanol–water partition coefficient (Wildman–Crippen LogP) is 4.78. The first-order valence-electron chi connectivity index (χ1n) is 15.5. The van der Waals surface area contributed by atoms with Gasteiger partial charge in [0.15, 0.2) is 21.2 Å². The number of benzene rings is 2. The van der Waals surface area contributed by atoms with Crippen molar-refractivity contribution in [3.63, 3.8) is 0 Å². The maximum absolute atomic E-state index is 14.4. The minimum Gasteiger partial charge on any atom is -0.504 e. The van der Waals surface area contributed by atoms with Crippen LogP contribution in [0.1, 0.15) is 42.7 Å². The Morgan fingerprint density at radius 3 is 2.37 bits per heavy atom. The normalized spacial score (nSPS) is 33.2. The molecule has 4 amide bonds. The number of methoxy groups -OCH3 is 1. The van der Waals surface area contributed by atoms with Crippen molar-refractivity contribution < 1.29 is 29.0 Å². The van der Waals surface area contributed by atoms with E-state index >= 15 is 0 Å². The average Bonchev–Trinajstić information content (AvgIpc) is 3.39. The maximum atomic E-state index is 14.4. The van der Waals surface area contributed by atoms with E-state index in [9.17, 15) is 24.3 Å². The smallest absolute Gasteiger partial charge is 0.254 e. The third-order valence-electron chi connectivity index (χ3n) is 10.8. The second kappa shape index (κ2) is 11.6. The summed E-state index contributed by atoms with van der Waals surface area (Å²) in [5.41, 5.74) is 2.35. The molecule has 0 bridgehead atoms. The number of fused-ring (bicyclic) bond motifs is 4. The number of amides is 4. The number of aromatic hydroxyl groups is 1. The standard InChI is InChI=1S/C34H34BrCl2N3O6/c1-46-26-15-20(7-10-25(26)41)28-22-8-9-23-27(24(22)16-33(36)31(44)39(18-35)32(45)34(28,33)37)30(43)40(29(23)42)21-11-13-38(14-12-21)17-19-5-3-2-4-6-19/h2-8,10,15,21,23-24,27-28,41H,9,11-14,16-18H2,1H3/t23-,24+,27-,28-,33+,34-/m0/s1. The lowest BCUT2D eigenvalue weighted by Gasteiger charge is -2.50. The monoisotopic (exact) mass is 729 g/mol. The number of rotatable bonds is 6. The Kier molecular flexibility index (Phi) is 8.02. The Labute approximate surface area is 285 Å². The molecule has 0 spiro atoms. The first-order valence-corrected chi connectivity index (χ1v) is 17.4. The highest BCUT2D eigenvalue weighted by molar-refractivity contribution is 9.09. The number of carbonyl (C=O) groups excluding carboxylic acids is 4. The Morgan fingerprint density at radius 2 is 1.70 bits per heavy atom. The van der Waals surface area contributed by atoms with Crippen molar-refractivity contribution in [2.75, 3.05) is 25.7 Å². The van der Waals surface area contributed by atoms with Gasteiger partial charge in [-0.15, -0.1) is 23.2 Å². The van der Waals surface area contributed by atoms with Crippen LogP contribution in [-0.4, -0.2) is 84.9 Å². The van der Waals surface area contributed by atoms with Crippen molar-refractivity contribution in [1.82, 2.24) is 14.7 Å². The fourth-order valence-electron chi connectivity index (χ4n) is 8.56. The van der Waals surface area contributed by atoms with Gasteiger partial charge in [0.25, 0.3) is 11.8 Å². The first-order chi connectivity index (χ1) is 22.0. The minimum atomic E-state index is -1.91. The van der Waals surface area contributed by atoms with Gasteiger partial charge in [0.05, 0.1) is 24.4 Å². The van der Waals surface area contributed by atoms with Gasteiger partial charge in [-0.25, -0.2) is 0 Å². The summed E-state index contributed by atoms with van der Waals surface area (Å²) in [5, 5.41) is 10.3. The van der Waals surface area contributed by atoms with Gasteiger partial charge in [0.2, 0.25) is 11.8 Å². The predicted molar refractivity (Wildman–Crippen MR) is 175 cm³/mol. The van der Waals surface area contributed by atoms with Crippen LogP contribution in [-0.2, 0) is 25.7 Å². The molecular weight excluding hydrogens is 697 g/mol. The quantitative estimate of drug-likeness (QED) is 0.198. The number of phenolic OH excluding ortho intramolecular Hbond substituents is 1. The number of alkyl halides is 3. The molecule has 0 aromatic heterocycles. The molecule has 46 heavy (non-hydrogen) atoms. The van der Waals surface area contributed by atoms with E-state index in [1.54, 1.807) is 12.1 Å². The number of halogens is 3. The molecule has 242 valence electrons. The molecule has 3 aliphatic heterocycles. The molecule has 1 N–H and O–H groups in total. The van der Waals surface area contributed by atoms with Crippen LogP contribution < -0.4 is 4.74 Å². The van der Waals surface area contributed by atoms with E-state index in [0.717, 1.165) is 24.5 Å². The van der Waals surface area contributed by atoms with Crippen molar-refractivity contribution in [3.05, 3.63) is 71.3 Å². The van der Waals surface area contributed by atoms with E-state index in [4.69, 9.17) is 27.9 Å². The Balaban J connectivity index is 1.22. The van der Waals surface area contributed by atoms with Gasteiger partial charge in [-0.2, -0.15) is 0 Å². The zero-order valence-corrected chi connectivity index (χ0v) is 28.3. The van der Waals surface area contributed by atoms with E-state index in [1.165, 1.54) is 23.6 Å². The fraction of sp³-hybridized carbons (Fsp3) is 0.471. The topological polar surface area (TPSA) is 107 Å². The lowest BCUT2D eigenvalue weighted by molar-refractivity contribution is -0.144. The van der Waals surface area contributed by atoms with Crippen molar-refractivity contribution in [3.8, 4) is 11.5 Å². The summed E-state index contributed by atoms with van der Waals surface area (Å²) in [7, 11) is 1.41. The van der Waals surface area contributed by atoms with Crippen LogP contribution in [0.5, 0.6) is 11.5 Å². The van der Waals surface area contributed by atoms with E-state index in [-0.39, 0.29) is 41.2 Å². The molecule has 6 atom stereocenters. The molecule has 12 heteroatoms. The number of imide groups is 2. The second-order valence-electron chi connectivity index (χ2n) is 13.0. The summed E-state index contributed by atoms with van der Waals surface area (Å²) in [6, 6.07) is 14.7. The summed E-state index contributed by atoms with van der Waals surface area (Å²) < 4.78 is 5.37. The third-order valence-corrected chi connectivity index (χ3v) is 12.7. The molecule has 0 radical (unpaired) electrons. The van der Waals surface area contributed by atoms with Crippen LogP contribution >= 0.6 is 39.1 Å². The molecule has 7 rings (SSSR count). The number of nitrogens with zero attached hydrogens (tertiary/aromatic N) is 3. The van der Waals surface area contributed by atoms with Crippen LogP contribution in [0.4, 0.5) is 0 Å². The summed E-state index contributed by atoms with van der Waals surface area (Å²) in [5.74, 6) is -4.46. The number of piperidine rings is 1. The van der Waals surface area contributed by atoms with Gasteiger partial charge < -0.3 is 9.84 Å². The summed E-state index contributed by atoms with van der Waals surface area (Å²) in [6.07, 6.45) is 3.53. The Morgan fingerprint density at radius 1 is 0.978 bits per heavy atom.